The van der Waals surface area contributed by atoms with E-state index in [-0.39, 0.29) is 0 Å². The van der Waals surface area contributed by atoms with E-state index < -0.39 is 0 Å². The Hall–Kier alpha value is -1.52. The summed E-state index contributed by atoms with van der Waals surface area (Å²) in [6, 6.07) is 12.3. The molecule has 3 aromatic rings. The van der Waals surface area contributed by atoms with Gasteiger partial charge >= 0.3 is 0 Å². The second-order valence-electron chi connectivity index (χ2n) is 3.85. The molecule has 1 N–H and O–H groups in total. The molecule has 2 heterocycles. The number of benzene rings is 1. The van der Waals surface area contributed by atoms with Crippen molar-refractivity contribution < 1.29 is 4.42 Å². The molecule has 90 valence electrons. The van der Waals surface area contributed by atoms with Gasteiger partial charge in [-0.2, -0.15) is 0 Å². The van der Waals surface area contributed by atoms with Gasteiger partial charge in [-0.15, -0.1) is 11.3 Å². The predicted molar refractivity (Wildman–Crippen MR) is 79.4 cm³/mol. The molecule has 0 bridgehead atoms. The van der Waals surface area contributed by atoms with Crippen LogP contribution in [-0.4, -0.2) is 0 Å². The van der Waals surface area contributed by atoms with Gasteiger partial charge in [0, 0.05) is 20.4 Å². The monoisotopic (exact) mass is 319 g/mol. The van der Waals surface area contributed by atoms with Crippen molar-refractivity contribution in [3.05, 3.63) is 58.8 Å². The predicted octanol–water partition coefficient (Wildman–Crippen LogP) is 5.51. The maximum absolute atomic E-state index is 5.03. The van der Waals surface area contributed by atoms with Crippen molar-refractivity contribution in [1.82, 2.24) is 0 Å². The van der Waals surface area contributed by atoms with Crippen LogP contribution in [0.3, 0.4) is 0 Å². The molecule has 0 spiro atoms. The Morgan fingerprint density at radius 2 is 2.06 bits per heavy atom. The third-order valence-electron chi connectivity index (χ3n) is 2.52. The van der Waals surface area contributed by atoms with Gasteiger partial charge in [0.2, 0.25) is 0 Å². The molecule has 0 radical (unpaired) electrons. The Morgan fingerprint density at radius 1 is 1.11 bits per heavy atom. The molecule has 0 aliphatic carbocycles. The molecule has 2 nitrogen and oxygen atoms in total. The highest BCUT2D eigenvalue weighted by Gasteiger charge is 2.04. The highest BCUT2D eigenvalue weighted by atomic mass is 79.9. The van der Waals surface area contributed by atoms with Crippen molar-refractivity contribution in [1.29, 1.82) is 0 Å². The summed E-state index contributed by atoms with van der Waals surface area (Å²) in [5.41, 5.74) is 3.26. The maximum Gasteiger partial charge on any atom is 0.114 e. The summed E-state index contributed by atoms with van der Waals surface area (Å²) in [5, 5.41) is 5.39. The van der Waals surface area contributed by atoms with E-state index in [1.807, 2.05) is 18.2 Å². The minimum Gasteiger partial charge on any atom is -0.470 e. The van der Waals surface area contributed by atoms with Gasteiger partial charge in [0.05, 0.1) is 12.0 Å². The molecule has 0 amide bonds. The molecule has 0 aliphatic rings. The number of hydrogen-bond acceptors (Lipinski definition) is 3. The molecule has 2 aromatic heterocycles. The second-order valence-corrected chi connectivity index (χ2v) is 5.67. The number of thiophene rings is 1. The topological polar surface area (TPSA) is 25.2 Å². The van der Waals surface area contributed by atoms with Gasteiger partial charge in [-0.1, -0.05) is 28.1 Å². The summed E-state index contributed by atoms with van der Waals surface area (Å²) in [4.78, 5) is 1.24. The first-order valence-corrected chi connectivity index (χ1v) is 7.12. The number of anilines is 2. The van der Waals surface area contributed by atoms with Crippen molar-refractivity contribution >= 4 is 38.6 Å². The fourth-order valence-electron chi connectivity index (χ4n) is 1.70. The molecule has 0 unspecified atom stereocenters. The fraction of sp³-hybridized carbons (Fsp3) is 0. The number of hydrogen-bond donors (Lipinski definition) is 1. The summed E-state index contributed by atoms with van der Waals surface area (Å²) in [6.07, 6.45) is 3.35. The minimum absolute atomic E-state index is 0.966. The van der Waals surface area contributed by atoms with Crippen molar-refractivity contribution in [2.45, 2.75) is 0 Å². The SMILES string of the molecule is Brc1cccc(-c2cc(Nc3ccoc3)cs2)c1. The molecule has 4 heteroatoms. The third-order valence-corrected chi connectivity index (χ3v) is 3.99. The van der Waals surface area contributed by atoms with E-state index in [2.05, 4.69) is 44.8 Å². The van der Waals surface area contributed by atoms with Crippen molar-refractivity contribution in [2.75, 3.05) is 5.32 Å². The Bertz CT molecular complexity index is 645. The number of rotatable bonds is 3. The van der Waals surface area contributed by atoms with Crippen LogP contribution in [0.15, 0.2) is 63.2 Å². The Labute approximate surface area is 117 Å². The van der Waals surface area contributed by atoms with Crippen LogP contribution in [0.25, 0.3) is 10.4 Å². The Morgan fingerprint density at radius 3 is 2.83 bits per heavy atom. The molecule has 3 rings (SSSR count). The summed E-state index contributed by atoms with van der Waals surface area (Å²) in [5.74, 6) is 0. The van der Waals surface area contributed by atoms with Gasteiger partial charge in [-0.3, -0.25) is 0 Å². The highest BCUT2D eigenvalue weighted by molar-refractivity contribution is 9.10. The summed E-state index contributed by atoms with van der Waals surface area (Å²) < 4.78 is 6.12. The van der Waals surface area contributed by atoms with Crippen molar-refractivity contribution in [3.8, 4) is 10.4 Å². The van der Waals surface area contributed by atoms with Crippen LogP contribution >= 0.6 is 27.3 Å². The van der Waals surface area contributed by atoms with Crippen LogP contribution in [0, 0.1) is 0 Å². The van der Waals surface area contributed by atoms with Gasteiger partial charge < -0.3 is 9.73 Å². The van der Waals surface area contributed by atoms with Crippen molar-refractivity contribution in [2.24, 2.45) is 0 Å². The summed E-state index contributed by atoms with van der Waals surface area (Å²) >= 11 is 5.21. The first-order valence-electron chi connectivity index (χ1n) is 5.45. The second kappa shape index (κ2) is 5.00. The Kier molecular flexibility index (Phi) is 3.21. The smallest absolute Gasteiger partial charge is 0.114 e. The highest BCUT2D eigenvalue weighted by Crippen LogP contribution is 2.32. The lowest BCUT2D eigenvalue weighted by atomic mass is 10.2. The zero-order valence-electron chi connectivity index (χ0n) is 9.39. The third kappa shape index (κ3) is 2.49. The van der Waals surface area contributed by atoms with Gasteiger partial charge in [-0.05, 0) is 29.8 Å². The summed E-state index contributed by atoms with van der Waals surface area (Å²) in [6.45, 7) is 0. The number of halogens is 1. The van der Waals surface area contributed by atoms with Crippen LogP contribution < -0.4 is 5.32 Å². The van der Waals surface area contributed by atoms with E-state index in [0.717, 1.165) is 15.8 Å². The van der Waals surface area contributed by atoms with E-state index in [0.29, 0.717) is 0 Å². The average Bonchev–Trinajstić information content (AvgIpc) is 3.01. The lowest BCUT2D eigenvalue weighted by Crippen LogP contribution is -1.83. The van der Waals surface area contributed by atoms with Crippen LogP contribution in [0.1, 0.15) is 0 Å². The molecule has 18 heavy (non-hydrogen) atoms. The maximum atomic E-state index is 5.03. The molecule has 0 saturated carbocycles. The molecule has 1 aromatic carbocycles. The lowest BCUT2D eigenvalue weighted by molar-refractivity contribution is 0.568. The minimum atomic E-state index is 0.966. The van der Waals surface area contributed by atoms with E-state index in [4.69, 9.17) is 4.42 Å². The van der Waals surface area contributed by atoms with Gasteiger partial charge in [0.15, 0.2) is 0 Å². The standard InChI is InChI=1S/C14H10BrNOS/c15-11-3-1-2-10(6-11)14-7-13(9-18-14)16-12-4-5-17-8-12/h1-9,16H. The normalized spacial score (nSPS) is 10.5. The largest absolute Gasteiger partial charge is 0.470 e. The average molecular weight is 320 g/mol. The zero-order valence-corrected chi connectivity index (χ0v) is 11.8. The van der Waals surface area contributed by atoms with Gasteiger partial charge in [-0.25, -0.2) is 0 Å². The first kappa shape index (κ1) is 11.6. The van der Waals surface area contributed by atoms with Crippen LogP contribution in [-0.2, 0) is 0 Å². The molecule has 0 saturated heterocycles. The van der Waals surface area contributed by atoms with Crippen LogP contribution in [0.2, 0.25) is 0 Å². The summed E-state index contributed by atoms with van der Waals surface area (Å²) in [7, 11) is 0. The quantitative estimate of drug-likeness (QED) is 0.688. The number of nitrogens with one attached hydrogen (secondary N) is 1. The molecular formula is C14H10BrNOS. The van der Waals surface area contributed by atoms with Gasteiger partial charge in [0.1, 0.15) is 6.26 Å². The van der Waals surface area contributed by atoms with Crippen molar-refractivity contribution in [3.63, 3.8) is 0 Å². The zero-order chi connectivity index (χ0) is 12.4. The van der Waals surface area contributed by atoms with E-state index in [1.54, 1.807) is 23.9 Å². The van der Waals surface area contributed by atoms with Crippen LogP contribution in [0.5, 0.6) is 0 Å². The van der Waals surface area contributed by atoms with E-state index in [9.17, 15) is 0 Å². The molecule has 0 aliphatic heterocycles. The number of furan rings is 1. The first-order chi connectivity index (χ1) is 8.81. The van der Waals surface area contributed by atoms with Gasteiger partial charge in [0.25, 0.3) is 0 Å². The molecule has 0 fully saturated rings. The molecule has 0 atom stereocenters. The lowest BCUT2D eigenvalue weighted by Gasteiger charge is -1.99. The fourth-order valence-corrected chi connectivity index (χ4v) is 2.94. The van der Waals surface area contributed by atoms with E-state index in [1.165, 1.54) is 10.4 Å². The van der Waals surface area contributed by atoms with E-state index >= 15 is 0 Å². The van der Waals surface area contributed by atoms with Crippen LogP contribution in [0.4, 0.5) is 11.4 Å². The Balaban J connectivity index is 1.85. The molecular weight excluding hydrogens is 310 g/mol.